The van der Waals surface area contributed by atoms with Gasteiger partial charge in [-0.3, -0.25) is 10.5 Å². The quantitative estimate of drug-likeness (QED) is 0.252. The van der Waals surface area contributed by atoms with Crippen LogP contribution in [0.4, 0.5) is 0 Å². The van der Waals surface area contributed by atoms with Crippen LogP contribution in [-0.4, -0.2) is 10.5 Å². The predicted molar refractivity (Wildman–Crippen MR) is 5.94 cm³/mol. The van der Waals surface area contributed by atoms with Crippen LogP contribution in [-0.2, 0) is 23.7 Å². The summed E-state index contributed by atoms with van der Waals surface area (Å²) in [4.78, 5) is 0. The Morgan fingerprint density at radius 1 is 1.25 bits per heavy atom. The zero-order valence-electron chi connectivity index (χ0n) is 1.80. The molecule has 0 atom stereocenters. The zero-order chi connectivity index (χ0) is 4.00. The molecule has 0 aromatic heterocycles. The molecule has 0 aliphatic heterocycles. The molecule has 0 aromatic rings. The van der Waals surface area contributed by atoms with Gasteiger partial charge in [0.05, 0.1) is 0 Å². The molecule has 0 fully saturated rings. The Bertz CT molecular complexity index is 3.25. The van der Waals surface area contributed by atoms with E-state index in [1.165, 1.54) is 0 Å². The first-order valence-electron chi connectivity index (χ1n) is 0.404. The first kappa shape index (κ1) is 8.83. The van der Waals surface area contributed by atoms with E-state index in [0.29, 0.717) is 0 Å². The van der Waals surface area contributed by atoms with Gasteiger partial charge >= 0.3 is 23.7 Å². The molecule has 0 bridgehead atoms. The Morgan fingerprint density at radius 3 is 1.25 bits per heavy atom. The van der Waals surface area contributed by atoms with Gasteiger partial charge in [-0.1, -0.05) is 0 Å². The van der Waals surface area contributed by atoms with Crippen LogP contribution < -0.4 is 0 Å². The number of hydrogen-bond acceptors (Lipinski definition) is 3. The monoisotopic (exact) mass is 97.9 g/mol. The van der Waals surface area contributed by atoms with E-state index in [2.05, 4.69) is 0 Å². The Hall–Kier alpha value is 0.434. The molecule has 0 aliphatic carbocycles. The van der Waals surface area contributed by atoms with Crippen molar-refractivity contribution in [2.75, 3.05) is 0 Å². The van der Waals surface area contributed by atoms with E-state index < -0.39 is 0 Å². The third kappa shape index (κ3) is 26.6. The summed E-state index contributed by atoms with van der Waals surface area (Å²) in [6, 6.07) is 0. The summed E-state index contributed by atoms with van der Waals surface area (Å²) in [6.45, 7) is 0. The van der Waals surface area contributed by atoms with Gasteiger partial charge < -0.3 is 0 Å². The van der Waals surface area contributed by atoms with Gasteiger partial charge in [-0.25, -0.2) is 0 Å². The molecule has 4 heavy (non-hydrogen) atoms. The first-order valence-corrected chi connectivity index (χ1v) is 1.04. The van der Waals surface area contributed by atoms with Crippen LogP contribution in [0.25, 0.3) is 0 Å². The fourth-order valence-corrected chi connectivity index (χ4v) is 0. The van der Waals surface area contributed by atoms with Gasteiger partial charge in [0.25, 0.3) is 0 Å². The summed E-state index contributed by atoms with van der Waals surface area (Å²) in [5.74, 6) is 0. The standard InChI is InChI=1S/H2O2.O.Ti/c1-2;;/h1-2H;;. The predicted octanol–water partition coefficient (Wildman–Crippen LogP) is -0.104. The van der Waals surface area contributed by atoms with Crippen LogP contribution in [0.5, 0.6) is 0 Å². The van der Waals surface area contributed by atoms with Crippen LogP contribution in [0.3, 0.4) is 0 Å². The fraction of sp³-hybridized carbons (Fsp3) is 0. The molecule has 0 spiro atoms. The van der Waals surface area contributed by atoms with Gasteiger partial charge in [0.1, 0.15) is 0 Å². The molecule has 0 aliphatic rings. The minimum absolute atomic E-state index is 0.750. The molecule has 24 valence electrons. The van der Waals surface area contributed by atoms with E-state index in [4.69, 9.17) is 13.8 Å². The van der Waals surface area contributed by atoms with Gasteiger partial charge in [-0.05, 0) is 0 Å². The molecular weight excluding hydrogens is 95.9 g/mol. The topological polar surface area (TPSA) is 57.5 Å². The van der Waals surface area contributed by atoms with Crippen molar-refractivity contribution in [2.45, 2.75) is 0 Å². The Balaban J connectivity index is 0. The first-order chi connectivity index (χ1) is 2.00. The van der Waals surface area contributed by atoms with Crippen LogP contribution in [0, 0.1) is 0 Å². The van der Waals surface area contributed by atoms with Crippen molar-refractivity contribution in [1.29, 1.82) is 0 Å². The molecule has 0 heterocycles. The molecule has 0 aromatic carbocycles. The van der Waals surface area contributed by atoms with Crippen LogP contribution in [0.15, 0.2) is 0 Å². The average Bonchev–Trinajstić information content (AvgIpc) is 1.50. The molecule has 0 saturated carbocycles. The van der Waals surface area contributed by atoms with Gasteiger partial charge in [0.2, 0.25) is 0 Å². The van der Waals surface area contributed by atoms with Crippen molar-refractivity contribution < 1.29 is 34.2 Å². The maximum atomic E-state index is 8.25. The number of hydrogen-bond donors (Lipinski definition) is 2. The second-order valence-electron chi connectivity index (χ2n) is 0. The minimum atomic E-state index is 0.750. The average molecular weight is 97.9 g/mol. The van der Waals surface area contributed by atoms with E-state index in [9.17, 15) is 0 Å². The fourth-order valence-electron chi connectivity index (χ4n) is 0. The summed E-state index contributed by atoms with van der Waals surface area (Å²) in [6.07, 6.45) is 0. The molecule has 0 saturated heterocycles. The summed E-state index contributed by atoms with van der Waals surface area (Å²) >= 11 is 0.750. The summed E-state index contributed by atoms with van der Waals surface area (Å²) in [7, 11) is 0. The van der Waals surface area contributed by atoms with E-state index in [1.54, 1.807) is 0 Å². The molecule has 3 nitrogen and oxygen atoms in total. The van der Waals surface area contributed by atoms with E-state index in [-0.39, 0.29) is 0 Å². The Morgan fingerprint density at radius 2 is 1.25 bits per heavy atom. The van der Waals surface area contributed by atoms with Crippen LogP contribution in [0.1, 0.15) is 0 Å². The summed E-state index contributed by atoms with van der Waals surface area (Å²) < 4.78 is 8.25. The van der Waals surface area contributed by atoms with Gasteiger partial charge in [0, 0.05) is 0 Å². The van der Waals surface area contributed by atoms with Gasteiger partial charge in [-0.2, -0.15) is 0 Å². The summed E-state index contributed by atoms with van der Waals surface area (Å²) in [5, 5.41) is 12.0. The van der Waals surface area contributed by atoms with Crippen LogP contribution in [0.2, 0.25) is 0 Å². The van der Waals surface area contributed by atoms with Crippen molar-refractivity contribution in [2.24, 2.45) is 0 Å². The molecule has 0 rings (SSSR count). The van der Waals surface area contributed by atoms with Crippen molar-refractivity contribution in [3.63, 3.8) is 0 Å². The third-order valence-corrected chi connectivity index (χ3v) is 0. The zero-order valence-corrected chi connectivity index (χ0v) is 3.36. The number of rotatable bonds is 0. The second kappa shape index (κ2) is 108. The van der Waals surface area contributed by atoms with E-state index >= 15 is 0 Å². The van der Waals surface area contributed by atoms with E-state index in [1.807, 2.05) is 0 Å². The summed E-state index contributed by atoms with van der Waals surface area (Å²) in [5.41, 5.74) is 0. The molecular formula is H2O3Ti. The molecule has 0 unspecified atom stereocenters. The van der Waals surface area contributed by atoms with Crippen molar-refractivity contribution in [3.05, 3.63) is 0 Å². The molecule has 2 N–H and O–H groups in total. The second-order valence-corrected chi connectivity index (χ2v) is 0. The molecule has 4 heteroatoms. The van der Waals surface area contributed by atoms with Gasteiger partial charge in [0.15, 0.2) is 0 Å². The van der Waals surface area contributed by atoms with Crippen molar-refractivity contribution in [1.82, 2.24) is 0 Å². The van der Waals surface area contributed by atoms with E-state index in [0.717, 1.165) is 20.4 Å². The maximum absolute atomic E-state index is 8.25. The third-order valence-electron chi connectivity index (χ3n) is 0. The SMILES string of the molecule is OO.[O]=[Ti]. The molecule has 0 radical (unpaired) electrons. The van der Waals surface area contributed by atoms with Gasteiger partial charge in [-0.15, -0.1) is 0 Å². The normalized spacial score (nSPS) is 2.25. The van der Waals surface area contributed by atoms with Crippen molar-refractivity contribution in [3.8, 4) is 0 Å². The van der Waals surface area contributed by atoms with Crippen LogP contribution >= 0.6 is 0 Å². The Kier molecular flexibility index (Phi) is 238. The Labute approximate surface area is 34.9 Å². The van der Waals surface area contributed by atoms with Crippen molar-refractivity contribution >= 4 is 0 Å². The molecule has 0 amide bonds.